The van der Waals surface area contributed by atoms with Crippen molar-refractivity contribution in [1.29, 1.82) is 0 Å². The zero-order chi connectivity index (χ0) is 10.1. The first-order valence-corrected chi connectivity index (χ1v) is 6.29. The van der Waals surface area contributed by atoms with Crippen LogP contribution >= 0.6 is 0 Å². The predicted octanol–water partition coefficient (Wildman–Crippen LogP) is 0.0400. The Balaban J connectivity index is 2.72. The van der Waals surface area contributed by atoms with Crippen LogP contribution in [0.5, 0.6) is 0 Å². The highest BCUT2D eigenvalue weighted by Gasteiger charge is 2.39. The first kappa shape index (κ1) is 10.9. The van der Waals surface area contributed by atoms with Crippen LogP contribution in [0.25, 0.3) is 0 Å². The van der Waals surface area contributed by atoms with Gasteiger partial charge in [0.15, 0.2) is 0 Å². The Kier molecular flexibility index (Phi) is 2.99. The minimum atomic E-state index is -3.38. The Morgan fingerprint density at radius 3 is 2.46 bits per heavy atom. The molecule has 0 aliphatic heterocycles. The molecule has 0 radical (unpaired) electrons. The van der Waals surface area contributed by atoms with Crippen LogP contribution in [-0.2, 0) is 10.0 Å². The predicted molar refractivity (Wildman–Crippen MR) is 52.5 cm³/mol. The third-order valence-electron chi connectivity index (χ3n) is 2.89. The van der Waals surface area contributed by atoms with Crippen LogP contribution in [0.2, 0.25) is 0 Å². The monoisotopic (exact) mass is 206 g/mol. The van der Waals surface area contributed by atoms with E-state index < -0.39 is 10.0 Å². The summed E-state index contributed by atoms with van der Waals surface area (Å²) in [6.45, 7) is 2.55. The van der Waals surface area contributed by atoms with Crippen molar-refractivity contribution in [3.8, 4) is 0 Å². The number of hydrogen-bond donors (Lipinski definition) is 2. The first-order chi connectivity index (χ1) is 5.87. The van der Waals surface area contributed by atoms with E-state index in [1.807, 2.05) is 0 Å². The Labute approximate surface area is 79.7 Å². The lowest BCUT2D eigenvalue weighted by atomic mass is 9.88. The van der Waals surface area contributed by atoms with Crippen molar-refractivity contribution in [2.45, 2.75) is 26.2 Å². The van der Waals surface area contributed by atoms with Gasteiger partial charge in [0.1, 0.15) is 0 Å². The average Bonchev–Trinajstić information content (AvgIpc) is 2.29. The third kappa shape index (κ3) is 2.93. The zero-order valence-electron chi connectivity index (χ0n) is 7.99. The van der Waals surface area contributed by atoms with Crippen LogP contribution < -0.4 is 10.9 Å². The third-order valence-corrected chi connectivity index (χ3v) is 3.90. The molecule has 5 heteroatoms. The summed E-state index contributed by atoms with van der Waals surface area (Å²) in [4.78, 5) is 0. The number of sulfonamides is 1. The smallest absolute Gasteiger partial charge is 0.209 e. The minimum Gasteiger partial charge on any atom is -0.330 e. The van der Waals surface area contributed by atoms with E-state index in [2.05, 4.69) is 6.92 Å². The van der Waals surface area contributed by atoms with Gasteiger partial charge in [-0.2, -0.15) is 0 Å². The lowest BCUT2D eigenvalue weighted by Gasteiger charge is -2.25. The standard InChI is InChI=1S/C8H18N2O2S/c1-7-2-3-8(4-7,5-9)6-13(10,11)12/h7H,2-6,9H2,1H3,(H2,10,11,12)/t7-,8+/m0/s1. The van der Waals surface area contributed by atoms with E-state index in [4.69, 9.17) is 10.9 Å². The van der Waals surface area contributed by atoms with Crippen molar-refractivity contribution in [2.24, 2.45) is 22.2 Å². The second-order valence-corrected chi connectivity index (χ2v) is 5.97. The molecule has 4 nitrogen and oxygen atoms in total. The minimum absolute atomic E-state index is 0.0425. The van der Waals surface area contributed by atoms with Crippen LogP contribution in [0.4, 0.5) is 0 Å². The van der Waals surface area contributed by atoms with Crippen molar-refractivity contribution in [3.05, 3.63) is 0 Å². The molecule has 0 saturated heterocycles. The summed E-state index contributed by atoms with van der Waals surface area (Å²) in [5.41, 5.74) is 5.38. The van der Waals surface area contributed by atoms with E-state index in [1.165, 1.54) is 0 Å². The van der Waals surface area contributed by atoms with Crippen molar-refractivity contribution in [1.82, 2.24) is 0 Å². The molecule has 1 fully saturated rings. The largest absolute Gasteiger partial charge is 0.330 e. The van der Waals surface area contributed by atoms with Crippen LogP contribution in [0.1, 0.15) is 26.2 Å². The van der Waals surface area contributed by atoms with Crippen LogP contribution in [0, 0.1) is 11.3 Å². The van der Waals surface area contributed by atoms with E-state index in [1.54, 1.807) is 0 Å². The van der Waals surface area contributed by atoms with E-state index >= 15 is 0 Å². The summed E-state index contributed by atoms with van der Waals surface area (Å²) in [5, 5.41) is 5.04. The van der Waals surface area contributed by atoms with Gasteiger partial charge in [0.05, 0.1) is 5.75 Å². The fourth-order valence-electron chi connectivity index (χ4n) is 2.30. The molecule has 2 atom stereocenters. The van der Waals surface area contributed by atoms with Crippen molar-refractivity contribution < 1.29 is 8.42 Å². The molecule has 0 bridgehead atoms. The molecule has 0 unspecified atom stereocenters. The number of nitrogens with two attached hydrogens (primary N) is 2. The second-order valence-electron chi connectivity index (χ2n) is 4.36. The molecular formula is C8H18N2O2S. The normalized spacial score (nSPS) is 35.2. The van der Waals surface area contributed by atoms with E-state index in [-0.39, 0.29) is 11.2 Å². The van der Waals surface area contributed by atoms with Gasteiger partial charge in [-0.1, -0.05) is 13.3 Å². The van der Waals surface area contributed by atoms with Gasteiger partial charge < -0.3 is 5.73 Å². The molecule has 4 N–H and O–H groups in total. The van der Waals surface area contributed by atoms with Crippen LogP contribution in [-0.4, -0.2) is 20.7 Å². The van der Waals surface area contributed by atoms with Crippen molar-refractivity contribution >= 4 is 10.0 Å². The SMILES string of the molecule is C[C@H]1CC[C@@](CN)(CS(N)(=O)=O)C1. The summed E-state index contributed by atoms with van der Waals surface area (Å²) in [5.74, 6) is 0.617. The molecule has 1 aliphatic rings. The Hall–Kier alpha value is -0.130. The van der Waals surface area contributed by atoms with Gasteiger partial charge in [0, 0.05) is 0 Å². The molecule has 0 aromatic rings. The van der Waals surface area contributed by atoms with Gasteiger partial charge in [-0.15, -0.1) is 0 Å². The fraction of sp³-hybridized carbons (Fsp3) is 1.00. The lowest BCUT2D eigenvalue weighted by Crippen LogP contribution is -2.37. The molecule has 78 valence electrons. The fourth-order valence-corrected chi connectivity index (χ4v) is 3.53. The molecule has 13 heavy (non-hydrogen) atoms. The molecule has 0 aromatic carbocycles. The van der Waals surface area contributed by atoms with E-state index in [0.717, 1.165) is 19.3 Å². The molecule has 0 heterocycles. The average molecular weight is 206 g/mol. The van der Waals surface area contributed by atoms with Crippen LogP contribution in [0.3, 0.4) is 0 Å². The number of rotatable bonds is 3. The summed E-state index contributed by atoms with van der Waals surface area (Å²) in [6.07, 6.45) is 2.84. The molecule has 0 spiro atoms. The molecule has 1 saturated carbocycles. The van der Waals surface area contributed by atoms with Gasteiger partial charge >= 0.3 is 0 Å². The number of primary sulfonamides is 1. The van der Waals surface area contributed by atoms with Crippen LogP contribution in [0.15, 0.2) is 0 Å². The van der Waals surface area contributed by atoms with Gasteiger partial charge in [0.25, 0.3) is 0 Å². The maximum absolute atomic E-state index is 11.0. The number of hydrogen-bond acceptors (Lipinski definition) is 3. The van der Waals surface area contributed by atoms with Gasteiger partial charge in [-0.3, -0.25) is 0 Å². The van der Waals surface area contributed by atoms with Gasteiger partial charge in [-0.25, -0.2) is 13.6 Å². The maximum atomic E-state index is 11.0. The summed E-state index contributed by atoms with van der Waals surface area (Å²) in [6, 6.07) is 0. The molecule has 1 rings (SSSR count). The quantitative estimate of drug-likeness (QED) is 0.683. The zero-order valence-corrected chi connectivity index (χ0v) is 8.81. The highest BCUT2D eigenvalue weighted by molar-refractivity contribution is 7.89. The maximum Gasteiger partial charge on any atom is 0.209 e. The topological polar surface area (TPSA) is 86.2 Å². The lowest BCUT2D eigenvalue weighted by molar-refractivity contribution is 0.338. The van der Waals surface area contributed by atoms with Crippen molar-refractivity contribution in [3.63, 3.8) is 0 Å². The highest BCUT2D eigenvalue weighted by atomic mass is 32.2. The summed E-state index contributed by atoms with van der Waals surface area (Å²) in [7, 11) is -3.38. The Morgan fingerprint density at radius 2 is 2.15 bits per heavy atom. The molecular weight excluding hydrogens is 188 g/mol. The Morgan fingerprint density at radius 1 is 1.54 bits per heavy atom. The van der Waals surface area contributed by atoms with Gasteiger partial charge in [-0.05, 0) is 30.7 Å². The Bertz CT molecular complexity index is 276. The first-order valence-electron chi connectivity index (χ1n) is 4.57. The van der Waals surface area contributed by atoms with Crippen molar-refractivity contribution in [2.75, 3.05) is 12.3 Å². The van der Waals surface area contributed by atoms with E-state index in [9.17, 15) is 8.42 Å². The molecule has 0 aromatic heterocycles. The summed E-state index contributed by atoms with van der Waals surface area (Å²) >= 11 is 0. The molecule has 1 aliphatic carbocycles. The highest BCUT2D eigenvalue weighted by Crippen LogP contribution is 2.41. The van der Waals surface area contributed by atoms with E-state index in [0.29, 0.717) is 12.5 Å². The second kappa shape index (κ2) is 3.55. The summed E-state index contributed by atoms with van der Waals surface area (Å²) < 4.78 is 22.0. The van der Waals surface area contributed by atoms with Gasteiger partial charge in [0.2, 0.25) is 10.0 Å². The molecule has 0 amide bonds.